The molecule has 1 heterocycles. The number of anilines is 1. The Kier molecular flexibility index (Phi) is 5.20. The maximum absolute atomic E-state index is 11.5. The number of rotatable bonds is 4. The van der Waals surface area contributed by atoms with Crippen LogP contribution in [-0.2, 0) is 4.74 Å². The molecule has 0 aliphatic heterocycles. The molecule has 0 spiro atoms. The third-order valence-corrected chi connectivity index (χ3v) is 2.81. The lowest BCUT2D eigenvalue weighted by atomic mass is 10.2. The van der Waals surface area contributed by atoms with E-state index in [4.69, 9.17) is 4.74 Å². The number of carbonyl (C=O) groups excluding carboxylic acids is 1. The number of alkyl carbamates (subject to hydrolysis) is 1. The van der Waals surface area contributed by atoms with Crippen LogP contribution in [0.15, 0.2) is 35.5 Å². The third-order valence-electron chi connectivity index (χ3n) is 2.81. The van der Waals surface area contributed by atoms with Crippen LogP contribution in [0.5, 0.6) is 0 Å². The summed E-state index contributed by atoms with van der Waals surface area (Å²) in [6, 6.07) is 7.89. The summed E-state index contributed by atoms with van der Waals surface area (Å²) in [7, 11) is 0. The largest absolute Gasteiger partial charge is 0.450 e. The van der Waals surface area contributed by atoms with E-state index < -0.39 is 6.09 Å². The number of amides is 1. The highest BCUT2D eigenvalue weighted by Crippen LogP contribution is 2.17. The van der Waals surface area contributed by atoms with Gasteiger partial charge < -0.3 is 15.0 Å². The van der Waals surface area contributed by atoms with E-state index in [-0.39, 0.29) is 0 Å². The van der Waals surface area contributed by atoms with Crippen LogP contribution in [-0.4, -0.2) is 30.2 Å². The maximum atomic E-state index is 11.5. The van der Waals surface area contributed by atoms with Crippen LogP contribution in [0.4, 0.5) is 10.5 Å². The molecule has 0 aliphatic rings. The van der Waals surface area contributed by atoms with Gasteiger partial charge in [-0.1, -0.05) is 13.0 Å². The molecule has 0 radical (unpaired) electrons. The number of H-pyrrole nitrogens is 1. The molecule has 0 bridgehead atoms. The molecule has 2 aromatic rings. The second-order valence-corrected chi connectivity index (χ2v) is 4.48. The number of ether oxygens (including phenoxy) is 1. The van der Waals surface area contributed by atoms with E-state index in [0.29, 0.717) is 19.1 Å². The van der Waals surface area contributed by atoms with Gasteiger partial charge in [0.2, 0.25) is 5.96 Å². The van der Waals surface area contributed by atoms with Gasteiger partial charge in [0.05, 0.1) is 6.61 Å². The summed E-state index contributed by atoms with van der Waals surface area (Å²) in [4.78, 5) is 19.0. The van der Waals surface area contributed by atoms with Crippen molar-refractivity contribution in [3.63, 3.8) is 0 Å². The number of nitrogens with one attached hydrogen (secondary N) is 3. The zero-order valence-corrected chi connectivity index (χ0v) is 12.3. The Hall–Kier alpha value is -2.50. The van der Waals surface area contributed by atoms with Crippen LogP contribution in [0.2, 0.25) is 0 Å². The summed E-state index contributed by atoms with van der Waals surface area (Å²) in [6.45, 7) is 4.73. The summed E-state index contributed by atoms with van der Waals surface area (Å²) in [5.41, 5.74) is 1.86. The lowest BCUT2D eigenvalue weighted by Crippen LogP contribution is -2.36. The molecule has 0 saturated heterocycles. The van der Waals surface area contributed by atoms with Gasteiger partial charge in [0.15, 0.2) is 0 Å². The van der Waals surface area contributed by atoms with Gasteiger partial charge in [-0.3, -0.25) is 10.3 Å². The smallest absolute Gasteiger partial charge is 0.413 e. The van der Waals surface area contributed by atoms with Crippen molar-refractivity contribution in [2.75, 3.05) is 18.5 Å². The minimum atomic E-state index is -0.513. The molecular formula is C15H20N4O2. The highest BCUT2D eigenvalue weighted by molar-refractivity contribution is 6.03. The SMILES string of the molecule is CCCN=C(NC(=O)OCC)Nc1ccc2cc[nH]c2c1. The van der Waals surface area contributed by atoms with Crippen LogP contribution in [0.1, 0.15) is 20.3 Å². The Morgan fingerprint density at radius 3 is 2.95 bits per heavy atom. The van der Waals surface area contributed by atoms with Crippen molar-refractivity contribution >= 4 is 28.6 Å². The van der Waals surface area contributed by atoms with E-state index >= 15 is 0 Å². The molecule has 0 fully saturated rings. The normalized spacial score (nSPS) is 11.4. The van der Waals surface area contributed by atoms with Gasteiger partial charge in [0.1, 0.15) is 0 Å². The Morgan fingerprint density at radius 2 is 2.19 bits per heavy atom. The van der Waals surface area contributed by atoms with Crippen LogP contribution in [0.25, 0.3) is 10.9 Å². The van der Waals surface area contributed by atoms with Gasteiger partial charge in [-0.05, 0) is 36.9 Å². The molecule has 21 heavy (non-hydrogen) atoms. The number of aliphatic imine (C=N–C) groups is 1. The topological polar surface area (TPSA) is 78.5 Å². The van der Waals surface area contributed by atoms with E-state index in [9.17, 15) is 4.79 Å². The second-order valence-electron chi connectivity index (χ2n) is 4.48. The summed E-state index contributed by atoms with van der Waals surface area (Å²) in [5.74, 6) is 0.390. The average molecular weight is 288 g/mol. The fraction of sp³-hybridized carbons (Fsp3) is 0.333. The zero-order valence-electron chi connectivity index (χ0n) is 12.3. The maximum Gasteiger partial charge on any atom is 0.413 e. The van der Waals surface area contributed by atoms with E-state index in [1.165, 1.54) is 0 Å². The number of benzene rings is 1. The standard InChI is InChI=1S/C15H20N4O2/c1-3-8-17-14(19-15(20)21-4-2)18-12-6-5-11-7-9-16-13(11)10-12/h5-7,9-10,16H,3-4,8H2,1-2H3,(H2,17,18,19,20). The zero-order chi connectivity index (χ0) is 15.1. The van der Waals surface area contributed by atoms with Gasteiger partial charge in [-0.15, -0.1) is 0 Å². The lowest BCUT2D eigenvalue weighted by molar-refractivity contribution is 0.158. The average Bonchev–Trinajstić information content (AvgIpc) is 2.92. The molecular weight excluding hydrogens is 268 g/mol. The first-order chi connectivity index (χ1) is 10.2. The molecule has 1 aromatic carbocycles. The van der Waals surface area contributed by atoms with Crippen LogP contribution < -0.4 is 10.6 Å². The van der Waals surface area contributed by atoms with E-state index in [1.54, 1.807) is 6.92 Å². The van der Waals surface area contributed by atoms with E-state index in [2.05, 4.69) is 20.6 Å². The summed E-state index contributed by atoms with van der Waals surface area (Å²) in [5, 5.41) is 6.84. The monoisotopic (exact) mass is 288 g/mol. The van der Waals surface area contributed by atoms with Gasteiger partial charge in [-0.25, -0.2) is 4.79 Å². The number of aromatic amines is 1. The Bertz CT molecular complexity index is 633. The number of hydrogen-bond acceptors (Lipinski definition) is 3. The predicted molar refractivity (Wildman–Crippen MR) is 84.7 cm³/mol. The number of hydrogen-bond donors (Lipinski definition) is 3. The highest BCUT2D eigenvalue weighted by Gasteiger charge is 2.07. The van der Waals surface area contributed by atoms with Gasteiger partial charge >= 0.3 is 6.09 Å². The Balaban J connectivity index is 2.11. The molecule has 0 aliphatic carbocycles. The molecule has 1 aromatic heterocycles. The quantitative estimate of drug-likeness (QED) is 0.597. The molecule has 0 saturated carbocycles. The van der Waals surface area contributed by atoms with Crippen molar-refractivity contribution in [2.45, 2.75) is 20.3 Å². The molecule has 6 nitrogen and oxygen atoms in total. The fourth-order valence-corrected chi connectivity index (χ4v) is 1.86. The highest BCUT2D eigenvalue weighted by atomic mass is 16.5. The third kappa shape index (κ3) is 4.24. The number of guanidine groups is 1. The number of aromatic nitrogens is 1. The number of nitrogens with zero attached hydrogens (tertiary/aromatic N) is 1. The summed E-state index contributed by atoms with van der Waals surface area (Å²) < 4.78 is 4.87. The first-order valence-corrected chi connectivity index (χ1v) is 7.05. The molecule has 6 heteroatoms. The van der Waals surface area contributed by atoms with Crippen molar-refractivity contribution in [3.8, 4) is 0 Å². The van der Waals surface area contributed by atoms with Crippen LogP contribution >= 0.6 is 0 Å². The molecule has 3 N–H and O–H groups in total. The first kappa shape index (κ1) is 14.9. The number of fused-ring (bicyclic) bond motifs is 1. The van der Waals surface area contributed by atoms with E-state index in [0.717, 1.165) is 23.0 Å². The van der Waals surface area contributed by atoms with Crippen molar-refractivity contribution in [1.82, 2.24) is 10.3 Å². The Labute approximate surface area is 123 Å². The molecule has 2 rings (SSSR count). The van der Waals surface area contributed by atoms with Crippen LogP contribution in [0, 0.1) is 0 Å². The lowest BCUT2D eigenvalue weighted by Gasteiger charge is -2.11. The van der Waals surface area contributed by atoms with Crippen molar-refractivity contribution in [2.24, 2.45) is 4.99 Å². The molecule has 0 unspecified atom stereocenters. The fourth-order valence-electron chi connectivity index (χ4n) is 1.86. The predicted octanol–water partition coefficient (Wildman–Crippen LogP) is 3.09. The molecule has 1 amide bonds. The van der Waals surface area contributed by atoms with Crippen molar-refractivity contribution in [1.29, 1.82) is 0 Å². The van der Waals surface area contributed by atoms with Gasteiger partial charge in [0, 0.05) is 23.9 Å². The van der Waals surface area contributed by atoms with Crippen LogP contribution in [0.3, 0.4) is 0 Å². The summed E-state index contributed by atoms with van der Waals surface area (Å²) in [6.07, 6.45) is 2.27. The van der Waals surface area contributed by atoms with Gasteiger partial charge in [0.25, 0.3) is 0 Å². The molecule has 112 valence electrons. The first-order valence-electron chi connectivity index (χ1n) is 7.05. The minimum Gasteiger partial charge on any atom is -0.450 e. The minimum absolute atomic E-state index is 0.321. The molecule has 0 atom stereocenters. The Morgan fingerprint density at radius 1 is 1.33 bits per heavy atom. The summed E-state index contributed by atoms with van der Waals surface area (Å²) >= 11 is 0. The second kappa shape index (κ2) is 7.33. The number of carbonyl (C=O) groups is 1. The van der Waals surface area contributed by atoms with Gasteiger partial charge in [-0.2, -0.15) is 0 Å². The van der Waals surface area contributed by atoms with Crippen molar-refractivity contribution in [3.05, 3.63) is 30.5 Å². The van der Waals surface area contributed by atoms with E-state index in [1.807, 2.05) is 37.4 Å². The van der Waals surface area contributed by atoms with Crippen molar-refractivity contribution < 1.29 is 9.53 Å².